The second-order valence-electron chi connectivity index (χ2n) is 4.28. The van der Waals surface area contributed by atoms with Gasteiger partial charge in [-0.1, -0.05) is 31.4 Å². The highest BCUT2D eigenvalue weighted by Gasteiger charge is 2.42. The van der Waals surface area contributed by atoms with Gasteiger partial charge < -0.3 is 10.2 Å². The first kappa shape index (κ1) is 11.2. The van der Waals surface area contributed by atoms with Crippen LogP contribution in [0.5, 0.6) is 0 Å². The Balaban J connectivity index is 2.84. The molecule has 3 heteroatoms. The molecular weight excluding hydrogens is 180 g/mol. The standard InChI is InChI=1S/C11H18O3/c1-8(2)9(10(12)13)11(14)6-4-3-5-7-11/h9,14H,1,3-7H2,2H3,(H,12,13). The molecule has 0 radical (unpaired) electrons. The Hall–Kier alpha value is -0.830. The Morgan fingerprint density at radius 3 is 2.21 bits per heavy atom. The van der Waals surface area contributed by atoms with Crippen LogP contribution in [0.2, 0.25) is 0 Å². The number of aliphatic carboxylic acids is 1. The molecule has 0 saturated heterocycles. The van der Waals surface area contributed by atoms with E-state index in [2.05, 4.69) is 6.58 Å². The van der Waals surface area contributed by atoms with Gasteiger partial charge in [-0.05, 0) is 19.8 Å². The zero-order valence-electron chi connectivity index (χ0n) is 8.62. The van der Waals surface area contributed by atoms with Crippen LogP contribution >= 0.6 is 0 Å². The summed E-state index contributed by atoms with van der Waals surface area (Å²) in [6.07, 6.45) is 4.07. The lowest BCUT2D eigenvalue weighted by Crippen LogP contribution is -2.44. The van der Waals surface area contributed by atoms with Gasteiger partial charge in [0.15, 0.2) is 0 Å². The lowest BCUT2D eigenvalue weighted by atomic mass is 9.73. The summed E-state index contributed by atoms with van der Waals surface area (Å²) in [6, 6.07) is 0. The summed E-state index contributed by atoms with van der Waals surface area (Å²) in [4.78, 5) is 11.0. The van der Waals surface area contributed by atoms with Crippen molar-refractivity contribution in [1.29, 1.82) is 0 Å². The summed E-state index contributed by atoms with van der Waals surface area (Å²) in [5.41, 5.74) is -0.516. The normalized spacial score (nSPS) is 22.7. The van der Waals surface area contributed by atoms with Gasteiger partial charge in [-0.3, -0.25) is 4.79 Å². The summed E-state index contributed by atoms with van der Waals surface area (Å²) >= 11 is 0. The average molecular weight is 198 g/mol. The van der Waals surface area contributed by atoms with Gasteiger partial charge in [-0.2, -0.15) is 0 Å². The molecular formula is C11H18O3. The van der Waals surface area contributed by atoms with Crippen LogP contribution < -0.4 is 0 Å². The van der Waals surface area contributed by atoms with E-state index in [9.17, 15) is 9.90 Å². The number of hydrogen-bond acceptors (Lipinski definition) is 2. The summed E-state index contributed by atoms with van der Waals surface area (Å²) in [5.74, 6) is -1.76. The van der Waals surface area contributed by atoms with Crippen molar-refractivity contribution in [1.82, 2.24) is 0 Å². The number of carboxylic acids is 1. The second kappa shape index (κ2) is 4.13. The number of aliphatic hydroxyl groups is 1. The molecule has 0 heterocycles. The van der Waals surface area contributed by atoms with Crippen molar-refractivity contribution in [2.45, 2.75) is 44.6 Å². The van der Waals surface area contributed by atoms with Crippen LogP contribution in [-0.2, 0) is 4.79 Å². The molecule has 0 amide bonds. The Morgan fingerprint density at radius 1 is 1.36 bits per heavy atom. The smallest absolute Gasteiger partial charge is 0.313 e. The molecule has 80 valence electrons. The third kappa shape index (κ3) is 2.15. The van der Waals surface area contributed by atoms with Gasteiger partial charge in [0.2, 0.25) is 0 Å². The Morgan fingerprint density at radius 2 is 1.86 bits per heavy atom. The van der Waals surface area contributed by atoms with Crippen LogP contribution in [0, 0.1) is 5.92 Å². The Bertz CT molecular complexity index is 225. The summed E-state index contributed by atoms with van der Waals surface area (Å²) in [7, 11) is 0. The van der Waals surface area contributed by atoms with Crippen LogP contribution in [0.15, 0.2) is 12.2 Å². The molecule has 0 aromatic carbocycles. The zero-order valence-corrected chi connectivity index (χ0v) is 8.62. The molecule has 0 aromatic rings. The van der Waals surface area contributed by atoms with Crippen LogP contribution in [0.25, 0.3) is 0 Å². The van der Waals surface area contributed by atoms with Gasteiger partial charge in [-0.15, -0.1) is 0 Å². The third-order valence-electron chi connectivity index (χ3n) is 3.00. The molecule has 1 unspecified atom stereocenters. The number of carbonyl (C=O) groups is 1. The maximum Gasteiger partial charge on any atom is 0.313 e. The number of hydrogen-bond donors (Lipinski definition) is 2. The van der Waals surface area contributed by atoms with Crippen molar-refractivity contribution in [3.63, 3.8) is 0 Å². The molecule has 0 spiro atoms. The van der Waals surface area contributed by atoms with Crippen LogP contribution in [0.4, 0.5) is 0 Å². The summed E-state index contributed by atoms with van der Waals surface area (Å²) in [6.45, 7) is 5.33. The minimum atomic E-state index is -1.06. The predicted molar refractivity (Wildman–Crippen MR) is 54.0 cm³/mol. The van der Waals surface area contributed by atoms with Gasteiger partial charge >= 0.3 is 5.97 Å². The quantitative estimate of drug-likeness (QED) is 0.681. The molecule has 14 heavy (non-hydrogen) atoms. The fourth-order valence-electron chi connectivity index (χ4n) is 2.35. The molecule has 1 saturated carbocycles. The van der Waals surface area contributed by atoms with E-state index in [-0.39, 0.29) is 0 Å². The maximum atomic E-state index is 11.0. The van der Waals surface area contributed by atoms with E-state index in [1.54, 1.807) is 6.92 Å². The monoisotopic (exact) mass is 198 g/mol. The van der Waals surface area contributed by atoms with E-state index in [1.807, 2.05) is 0 Å². The van der Waals surface area contributed by atoms with Crippen molar-refractivity contribution in [2.75, 3.05) is 0 Å². The first-order valence-corrected chi connectivity index (χ1v) is 5.08. The summed E-state index contributed by atoms with van der Waals surface area (Å²) < 4.78 is 0. The Kier molecular flexibility index (Phi) is 3.32. The lowest BCUT2D eigenvalue weighted by molar-refractivity contribution is -0.151. The highest BCUT2D eigenvalue weighted by molar-refractivity contribution is 5.75. The fourth-order valence-corrected chi connectivity index (χ4v) is 2.35. The molecule has 0 aromatic heterocycles. The number of rotatable bonds is 3. The van der Waals surface area contributed by atoms with Gasteiger partial charge in [-0.25, -0.2) is 0 Å². The minimum absolute atomic E-state index is 0.543. The van der Waals surface area contributed by atoms with Gasteiger partial charge in [0, 0.05) is 0 Å². The topological polar surface area (TPSA) is 57.5 Å². The number of carboxylic acid groups (broad SMARTS) is 1. The van der Waals surface area contributed by atoms with Crippen LogP contribution in [0.3, 0.4) is 0 Å². The first-order chi connectivity index (χ1) is 6.47. The van der Waals surface area contributed by atoms with E-state index in [1.165, 1.54) is 0 Å². The molecule has 1 rings (SSSR count). The molecule has 0 bridgehead atoms. The molecule has 1 aliphatic rings. The highest BCUT2D eigenvalue weighted by Crippen LogP contribution is 2.37. The fraction of sp³-hybridized carbons (Fsp3) is 0.727. The summed E-state index contributed by atoms with van der Waals surface area (Å²) in [5, 5.41) is 19.3. The van der Waals surface area contributed by atoms with Gasteiger partial charge in [0.05, 0.1) is 5.60 Å². The van der Waals surface area contributed by atoms with Crippen molar-refractivity contribution < 1.29 is 15.0 Å². The average Bonchev–Trinajstić information content (AvgIpc) is 2.02. The van der Waals surface area contributed by atoms with Gasteiger partial charge in [0.25, 0.3) is 0 Å². The van der Waals surface area contributed by atoms with Crippen LogP contribution in [0.1, 0.15) is 39.0 Å². The van der Waals surface area contributed by atoms with E-state index in [4.69, 9.17) is 5.11 Å². The van der Waals surface area contributed by atoms with E-state index >= 15 is 0 Å². The SMILES string of the molecule is C=C(C)C(C(=O)O)C1(O)CCCCC1. The van der Waals surface area contributed by atoms with Crippen molar-refractivity contribution in [2.24, 2.45) is 5.92 Å². The molecule has 1 atom stereocenters. The zero-order chi connectivity index (χ0) is 10.8. The molecule has 2 N–H and O–H groups in total. The first-order valence-electron chi connectivity index (χ1n) is 5.08. The minimum Gasteiger partial charge on any atom is -0.481 e. The van der Waals surface area contributed by atoms with E-state index < -0.39 is 17.5 Å². The lowest BCUT2D eigenvalue weighted by Gasteiger charge is -2.37. The largest absolute Gasteiger partial charge is 0.481 e. The third-order valence-corrected chi connectivity index (χ3v) is 3.00. The predicted octanol–water partition coefficient (Wildman–Crippen LogP) is 1.96. The molecule has 0 aliphatic heterocycles. The second-order valence-corrected chi connectivity index (χ2v) is 4.28. The molecule has 3 nitrogen and oxygen atoms in total. The van der Waals surface area contributed by atoms with Crippen molar-refractivity contribution >= 4 is 5.97 Å². The van der Waals surface area contributed by atoms with E-state index in [0.29, 0.717) is 18.4 Å². The van der Waals surface area contributed by atoms with Crippen LogP contribution in [-0.4, -0.2) is 21.8 Å². The molecule has 1 fully saturated rings. The van der Waals surface area contributed by atoms with Gasteiger partial charge in [0.1, 0.15) is 5.92 Å². The highest BCUT2D eigenvalue weighted by atomic mass is 16.4. The molecule has 1 aliphatic carbocycles. The van der Waals surface area contributed by atoms with E-state index in [0.717, 1.165) is 19.3 Å². The van der Waals surface area contributed by atoms with Crippen molar-refractivity contribution in [3.05, 3.63) is 12.2 Å². The van der Waals surface area contributed by atoms with Crippen molar-refractivity contribution in [3.8, 4) is 0 Å². The maximum absolute atomic E-state index is 11.0. The Labute approximate surface area is 84.4 Å².